The maximum absolute atomic E-state index is 13.9. The lowest BCUT2D eigenvalue weighted by atomic mass is 10.1. The van der Waals surface area contributed by atoms with Crippen LogP contribution in [0.2, 0.25) is 0 Å². The van der Waals surface area contributed by atoms with Gasteiger partial charge in [-0.2, -0.15) is 0 Å². The maximum Gasteiger partial charge on any atom is 0.253 e. The molecule has 0 aliphatic carbocycles. The van der Waals surface area contributed by atoms with E-state index in [0.717, 1.165) is 18.4 Å². The molecule has 0 saturated carbocycles. The highest BCUT2D eigenvalue weighted by atomic mass is 16.5. The van der Waals surface area contributed by atoms with Gasteiger partial charge in [0.1, 0.15) is 18.4 Å². The van der Waals surface area contributed by atoms with E-state index in [1.165, 1.54) is 0 Å². The van der Waals surface area contributed by atoms with Gasteiger partial charge < -0.3 is 25.2 Å². The second-order valence-electron chi connectivity index (χ2n) is 10.6. The number of aromatic nitrogens is 1. The van der Waals surface area contributed by atoms with Gasteiger partial charge in [-0.1, -0.05) is 19.4 Å². The molecule has 214 valence electrons. The van der Waals surface area contributed by atoms with Gasteiger partial charge in [0, 0.05) is 57.0 Å². The predicted molar refractivity (Wildman–Crippen MR) is 150 cm³/mol. The molecule has 0 spiro atoms. The van der Waals surface area contributed by atoms with Gasteiger partial charge >= 0.3 is 0 Å². The molecule has 3 atom stereocenters. The van der Waals surface area contributed by atoms with Crippen molar-refractivity contribution in [2.45, 2.75) is 70.0 Å². The van der Waals surface area contributed by atoms with Crippen LogP contribution < -0.4 is 15.4 Å². The molecule has 1 saturated heterocycles. The molecule has 2 aliphatic rings. The minimum Gasteiger partial charge on any atom is -0.491 e. The summed E-state index contributed by atoms with van der Waals surface area (Å²) in [6.07, 6.45) is 7.10. The standard InChI is InChI=1S/C30H39N5O5/c1-3-4-8-27(36)32-23-18-24-20-40-25-7-5-6-22(17-25)29(38)34(2)16-13-26(30(39)35(24)19-23)33-28(37)10-9-21-11-14-31-15-12-21/h5-7,11-12,14-15,17,23-24,26H,3-4,8-10,13,16,18-20H2,1-2H3,(H,32,36)(H,33,37)/t23-,24-,26-/m0/s1. The van der Waals surface area contributed by atoms with Crippen LogP contribution in [0.4, 0.5) is 0 Å². The van der Waals surface area contributed by atoms with Crippen LogP contribution in [0.1, 0.15) is 61.4 Å². The number of ether oxygens (including phenoxy) is 1. The highest BCUT2D eigenvalue weighted by Crippen LogP contribution is 2.24. The molecule has 0 radical (unpaired) electrons. The number of hydrogen-bond donors (Lipinski definition) is 2. The van der Waals surface area contributed by atoms with Gasteiger partial charge in [0.2, 0.25) is 17.7 Å². The van der Waals surface area contributed by atoms with Crippen molar-refractivity contribution in [2.24, 2.45) is 0 Å². The number of aryl methyl sites for hydroxylation is 1. The number of hydrogen-bond acceptors (Lipinski definition) is 6. The molecule has 3 heterocycles. The van der Waals surface area contributed by atoms with Gasteiger partial charge in [-0.25, -0.2) is 0 Å². The zero-order chi connectivity index (χ0) is 28.5. The Morgan fingerprint density at radius 3 is 2.62 bits per heavy atom. The van der Waals surface area contributed by atoms with Crippen molar-refractivity contribution >= 4 is 23.6 Å². The maximum atomic E-state index is 13.9. The molecule has 2 N–H and O–H groups in total. The van der Waals surface area contributed by atoms with Crippen LogP contribution in [0.5, 0.6) is 5.75 Å². The van der Waals surface area contributed by atoms with E-state index in [2.05, 4.69) is 15.6 Å². The van der Waals surface area contributed by atoms with E-state index in [-0.39, 0.29) is 61.7 Å². The number of benzene rings is 1. The minimum atomic E-state index is -0.818. The summed E-state index contributed by atoms with van der Waals surface area (Å²) in [6, 6.07) is 9.41. The lowest BCUT2D eigenvalue weighted by Crippen LogP contribution is -2.52. The first-order valence-electron chi connectivity index (χ1n) is 14.1. The molecular weight excluding hydrogens is 510 g/mol. The van der Waals surface area contributed by atoms with E-state index >= 15 is 0 Å². The second kappa shape index (κ2) is 13.9. The van der Waals surface area contributed by atoms with E-state index < -0.39 is 6.04 Å². The Morgan fingerprint density at radius 2 is 1.85 bits per heavy atom. The quantitative estimate of drug-likeness (QED) is 0.522. The van der Waals surface area contributed by atoms with Crippen LogP contribution in [0, 0.1) is 0 Å². The van der Waals surface area contributed by atoms with Gasteiger partial charge in [-0.3, -0.25) is 24.2 Å². The van der Waals surface area contributed by atoms with Gasteiger partial charge in [-0.15, -0.1) is 0 Å². The molecule has 2 aliphatic heterocycles. The lowest BCUT2D eigenvalue weighted by Gasteiger charge is -2.30. The topological polar surface area (TPSA) is 121 Å². The smallest absolute Gasteiger partial charge is 0.253 e. The molecule has 0 unspecified atom stereocenters. The number of nitrogens with zero attached hydrogens (tertiary/aromatic N) is 3. The Balaban J connectivity index is 1.53. The van der Waals surface area contributed by atoms with Crippen molar-refractivity contribution in [3.8, 4) is 5.75 Å². The first-order valence-corrected chi connectivity index (χ1v) is 14.1. The van der Waals surface area contributed by atoms with Crippen molar-refractivity contribution in [1.29, 1.82) is 0 Å². The van der Waals surface area contributed by atoms with Crippen LogP contribution >= 0.6 is 0 Å². The molecule has 1 aromatic carbocycles. The highest BCUT2D eigenvalue weighted by Gasteiger charge is 2.39. The normalized spacial score (nSPS) is 21.4. The Labute approximate surface area is 235 Å². The first kappa shape index (κ1) is 29.0. The number of fused-ring (bicyclic) bond motifs is 3. The average molecular weight is 550 g/mol. The molecule has 10 nitrogen and oxygen atoms in total. The van der Waals surface area contributed by atoms with E-state index in [1.807, 2.05) is 19.1 Å². The average Bonchev–Trinajstić information content (AvgIpc) is 3.37. The number of carbonyl (C=O) groups excluding carboxylic acids is 4. The van der Waals surface area contributed by atoms with Crippen molar-refractivity contribution in [3.63, 3.8) is 0 Å². The molecule has 4 rings (SSSR count). The van der Waals surface area contributed by atoms with Gasteiger partial charge in [0.25, 0.3) is 5.91 Å². The summed E-state index contributed by atoms with van der Waals surface area (Å²) < 4.78 is 6.06. The van der Waals surface area contributed by atoms with Crippen molar-refractivity contribution in [1.82, 2.24) is 25.4 Å². The van der Waals surface area contributed by atoms with Crippen molar-refractivity contribution in [3.05, 3.63) is 59.9 Å². The third kappa shape index (κ3) is 7.80. The van der Waals surface area contributed by atoms with Crippen LogP contribution in [-0.2, 0) is 20.8 Å². The zero-order valence-electron chi connectivity index (χ0n) is 23.3. The summed E-state index contributed by atoms with van der Waals surface area (Å²) in [7, 11) is 1.68. The Hall–Kier alpha value is -3.95. The van der Waals surface area contributed by atoms with E-state index in [9.17, 15) is 19.2 Å². The molecule has 2 bridgehead atoms. The molecule has 40 heavy (non-hydrogen) atoms. The fourth-order valence-corrected chi connectivity index (χ4v) is 5.17. The number of nitrogens with one attached hydrogen (secondary N) is 2. The van der Waals surface area contributed by atoms with Crippen molar-refractivity contribution < 1.29 is 23.9 Å². The number of rotatable bonds is 8. The summed E-state index contributed by atoms with van der Waals surface area (Å²) in [5, 5.41) is 6.01. The summed E-state index contributed by atoms with van der Waals surface area (Å²) in [4.78, 5) is 59.7. The SMILES string of the molecule is CCCCC(=O)N[C@H]1C[C@H]2COc3cccc(c3)C(=O)N(C)CC[C@H](NC(=O)CCc3ccncc3)C(=O)N2C1. The highest BCUT2D eigenvalue weighted by molar-refractivity contribution is 5.94. The fraction of sp³-hybridized carbons (Fsp3) is 0.500. The monoisotopic (exact) mass is 549 g/mol. The van der Waals surface area contributed by atoms with Crippen LogP contribution in [0.25, 0.3) is 0 Å². The first-order chi connectivity index (χ1) is 19.3. The number of carbonyl (C=O) groups is 4. The summed E-state index contributed by atoms with van der Waals surface area (Å²) in [5.74, 6) is -0.138. The van der Waals surface area contributed by atoms with Crippen LogP contribution in [-0.4, -0.2) is 83.3 Å². The third-order valence-corrected chi connectivity index (χ3v) is 7.47. The number of amides is 4. The number of unbranched alkanes of at least 4 members (excludes halogenated alkanes) is 1. The fourth-order valence-electron chi connectivity index (χ4n) is 5.17. The summed E-state index contributed by atoms with van der Waals surface area (Å²) in [5.41, 5.74) is 1.48. The van der Waals surface area contributed by atoms with E-state index in [4.69, 9.17) is 4.74 Å². The van der Waals surface area contributed by atoms with Crippen molar-refractivity contribution in [2.75, 3.05) is 26.7 Å². The third-order valence-electron chi connectivity index (χ3n) is 7.47. The molecule has 10 heteroatoms. The summed E-state index contributed by atoms with van der Waals surface area (Å²) >= 11 is 0. The second-order valence-corrected chi connectivity index (χ2v) is 10.6. The van der Waals surface area contributed by atoms with E-state index in [0.29, 0.717) is 37.1 Å². The summed E-state index contributed by atoms with van der Waals surface area (Å²) in [6.45, 7) is 2.86. The van der Waals surface area contributed by atoms with Gasteiger partial charge in [-0.05, 0) is 61.6 Å². The Bertz CT molecular complexity index is 1190. The molecule has 1 aromatic heterocycles. The Morgan fingerprint density at radius 1 is 1.07 bits per heavy atom. The van der Waals surface area contributed by atoms with Gasteiger partial charge in [0.15, 0.2) is 0 Å². The Kier molecular flexibility index (Phi) is 10.1. The zero-order valence-corrected chi connectivity index (χ0v) is 23.3. The van der Waals surface area contributed by atoms with Gasteiger partial charge in [0.05, 0.1) is 6.04 Å². The molecule has 1 fully saturated rings. The van der Waals surface area contributed by atoms with Crippen LogP contribution in [0.15, 0.2) is 48.8 Å². The number of pyridine rings is 1. The molecular formula is C30H39N5O5. The van der Waals surface area contributed by atoms with E-state index in [1.54, 1.807) is 53.5 Å². The lowest BCUT2D eigenvalue weighted by molar-refractivity contribution is -0.138. The minimum absolute atomic E-state index is 0.0241. The largest absolute Gasteiger partial charge is 0.491 e. The predicted octanol–water partition coefficient (Wildman–Crippen LogP) is 2.33. The van der Waals surface area contributed by atoms with Crippen LogP contribution in [0.3, 0.4) is 0 Å². The molecule has 4 amide bonds. The molecule has 2 aromatic rings.